The second kappa shape index (κ2) is 7.20. The predicted octanol–water partition coefficient (Wildman–Crippen LogP) is 4.17. The van der Waals surface area contributed by atoms with Gasteiger partial charge in [-0.25, -0.2) is 0 Å². The summed E-state index contributed by atoms with van der Waals surface area (Å²) >= 11 is 12.0. The van der Waals surface area contributed by atoms with Crippen LogP contribution in [-0.4, -0.2) is 22.3 Å². The maximum Gasteiger partial charge on any atom is 0.270 e. The molecule has 1 aromatic carbocycles. The lowest BCUT2D eigenvalue weighted by molar-refractivity contribution is 0.0914. The molecule has 0 fully saturated rings. The van der Waals surface area contributed by atoms with Gasteiger partial charge in [-0.05, 0) is 45.0 Å². The van der Waals surface area contributed by atoms with Crippen LogP contribution in [0.1, 0.15) is 41.6 Å². The summed E-state index contributed by atoms with van der Waals surface area (Å²) in [6.45, 7) is 5.59. The fourth-order valence-electron chi connectivity index (χ4n) is 1.90. The van der Waals surface area contributed by atoms with Crippen LogP contribution in [0.3, 0.4) is 0 Å². The molecule has 0 aliphatic heterocycles. The van der Waals surface area contributed by atoms with Gasteiger partial charge in [-0.1, -0.05) is 29.3 Å². The zero-order valence-corrected chi connectivity index (χ0v) is 15.0. The number of benzene rings is 1. The van der Waals surface area contributed by atoms with E-state index < -0.39 is 11.4 Å². The topological polar surface area (TPSA) is 71.1 Å². The zero-order valence-electron chi connectivity index (χ0n) is 13.5. The number of halogens is 2. The lowest BCUT2D eigenvalue weighted by Crippen LogP contribution is -2.41. The monoisotopic (exact) mass is 365 g/mol. The molecule has 2 amide bonds. The number of pyridine rings is 1. The zero-order chi connectivity index (χ0) is 17.9. The van der Waals surface area contributed by atoms with Gasteiger partial charge in [0.2, 0.25) is 0 Å². The number of nitrogens with one attached hydrogen (secondary N) is 2. The van der Waals surface area contributed by atoms with Crippen molar-refractivity contribution in [2.45, 2.75) is 26.3 Å². The third-order valence-corrected chi connectivity index (χ3v) is 3.76. The minimum absolute atomic E-state index is 0.162. The highest BCUT2D eigenvalue weighted by Crippen LogP contribution is 2.29. The molecule has 2 rings (SSSR count). The van der Waals surface area contributed by atoms with E-state index in [9.17, 15) is 9.59 Å². The maximum absolute atomic E-state index is 12.4. The number of amides is 2. The van der Waals surface area contributed by atoms with Gasteiger partial charge in [-0.2, -0.15) is 0 Å². The highest BCUT2D eigenvalue weighted by molar-refractivity contribution is 6.44. The Balaban J connectivity index is 2.20. The molecule has 0 aliphatic carbocycles. The Bertz CT molecular complexity index is 786. The second-order valence-electron chi connectivity index (χ2n) is 6.19. The van der Waals surface area contributed by atoms with Gasteiger partial charge in [-0.15, -0.1) is 0 Å². The van der Waals surface area contributed by atoms with Crippen LogP contribution in [0.15, 0.2) is 36.5 Å². The number of carbonyl (C=O) groups is 2. The van der Waals surface area contributed by atoms with Crippen LogP contribution in [0.5, 0.6) is 0 Å². The summed E-state index contributed by atoms with van der Waals surface area (Å²) in [6, 6.07) is 7.89. The predicted molar refractivity (Wildman–Crippen MR) is 95.9 cm³/mol. The van der Waals surface area contributed by atoms with Crippen LogP contribution in [0.25, 0.3) is 0 Å². The smallest absolute Gasteiger partial charge is 0.270 e. The molecular formula is C17H17Cl2N3O2. The summed E-state index contributed by atoms with van der Waals surface area (Å²) in [7, 11) is 0. The molecule has 126 valence electrons. The summed E-state index contributed by atoms with van der Waals surface area (Å²) < 4.78 is 0. The molecule has 0 aliphatic rings. The Morgan fingerprint density at radius 1 is 1.08 bits per heavy atom. The van der Waals surface area contributed by atoms with Crippen molar-refractivity contribution in [2.75, 3.05) is 5.32 Å². The van der Waals surface area contributed by atoms with E-state index >= 15 is 0 Å². The quantitative estimate of drug-likeness (QED) is 0.857. The largest absolute Gasteiger partial charge is 0.346 e. The second-order valence-corrected chi connectivity index (χ2v) is 6.97. The number of carbonyl (C=O) groups excluding carboxylic acids is 2. The summed E-state index contributed by atoms with van der Waals surface area (Å²) in [5, 5.41) is 6.06. The first kappa shape index (κ1) is 18.2. The lowest BCUT2D eigenvalue weighted by Gasteiger charge is -2.20. The van der Waals surface area contributed by atoms with Crippen LogP contribution in [0.2, 0.25) is 10.0 Å². The van der Waals surface area contributed by atoms with E-state index in [1.807, 2.05) is 20.8 Å². The van der Waals surface area contributed by atoms with Gasteiger partial charge in [0, 0.05) is 17.3 Å². The van der Waals surface area contributed by atoms with E-state index in [0.29, 0.717) is 16.3 Å². The van der Waals surface area contributed by atoms with E-state index in [0.717, 1.165) is 0 Å². The molecule has 2 N–H and O–H groups in total. The highest BCUT2D eigenvalue weighted by atomic mass is 35.5. The number of anilines is 1. The molecule has 0 unspecified atom stereocenters. The van der Waals surface area contributed by atoms with E-state index in [2.05, 4.69) is 15.6 Å². The van der Waals surface area contributed by atoms with Crippen molar-refractivity contribution < 1.29 is 9.59 Å². The molecule has 5 nitrogen and oxygen atoms in total. The fourth-order valence-corrected chi connectivity index (χ4v) is 2.24. The molecule has 24 heavy (non-hydrogen) atoms. The lowest BCUT2D eigenvalue weighted by atomic mass is 10.1. The molecule has 0 atom stereocenters. The number of aromatic nitrogens is 1. The Morgan fingerprint density at radius 2 is 1.79 bits per heavy atom. The van der Waals surface area contributed by atoms with Crippen molar-refractivity contribution in [1.29, 1.82) is 0 Å². The average molecular weight is 366 g/mol. The highest BCUT2D eigenvalue weighted by Gasteiger charge is 2.18. The summed E-state index contributed by atoms with van der Waals surface area (Å²) in [5.74, 6) is -0.760. The molecule has 7 heteroatoms. The molecule has 2 aromatic rings. The summed E-state index contributed by atoms with van der Waals surface area (Å²) in [5.41, 5.74) is 0.451. The van der Waals surface area contributed by atoms with Crippen LogP contribution < -0.4 is 10.6 Å². The maximum atomic E-state index is 12.4. The third kappa shape index (κ3) is 4.69. The van der Waals surface area contributed by atoms with Gasteiger partial charge < -0.3 is 10.6 Å². The first-order chi connectivity index (χ1) is 11.2. The molecule has 0 bridgehead atoms. The normalized spacial score (nSPS) is 11.0. The molecule has 0 spiro atoms. The Kier molecular flexibility index (Phi) is 5.47. The molecule has 0 saturated heterocycles. The molecule has 0 radical (unpaired) electrons. The van der Waals surface area contributed by atoms with Crippen LogP contribution in [0.4, 0.5) is 5.69 Å². The Morgan fingerprint density at radius 3 is 2.46 bits per heavy atom. The fraction of sp³-hybridized carbons (Fsp3) is 0.235. The van der Waals surface area contributed by atoms with E-state index in [1.54, 1.807) is 18.2 Å². The Hall–Kier alpha value is -2.11. The number of hydrogen-bond donors (Lipinski definition) is 2. The van der Waals surface area contributed by atoms with E-state index in [-0.39, 0.29) is 16.6 Å². The minimum atomic E-state index is -0.411. The van der Waals surface area contributed by atoms with Crippen molar-refractivity contribution in [1.82, 2.24) is 10.3 Å². The minimum Gasteiger partial charge on any atom is -0.346 e. The van der Waals surface area contributed by atoms with Crippen molar-refractivity contribution in [2.24, 2.45) is 0 Å². The number of hydrogen-bond acceptors (Lipinski definition) is 3. The first-order valence-corrected chi connectivity index (χ1v) is 7.97. The molecular weight excluding hydrogens is 349 g/mol. The van der Waals surface area contributed by atoms with Crippen LogP contribution in [-0.2, 0) is 0 Å². The SMILES string of the molecule is CC(C)(C)NC(=O)c1cc(C(=O)Nc2cccc(Cl)c2Cl)ccn1. The van der Waals surface area contributed by atoms with Gasteiger partial charge >= 0.3 is 0 Å². The van der Waals surface area contributed by atoms with Crippen molar-refractivity contribution in [3.63, 3.8) is 0 Å². The van der Waals surface area contributed by atoms with Crippen molar-refractivity contribution in [3.8, 4) is 0 Å². The summed E-state index contributed by atoms with van der Waals surface area (Å²) in [4.78, 5) is 28.5. The van der Waals surface area contributed by atoms with E-state index in [1.165, 1.54) is 18.3 Å². The first-order valence-electron chi connectivity index (χ1n) is 7.21. The summed E-state index contributed by atoms with van der Waals surface area (Å²) in [6.07, 6.45) is 1.41. The number of nitrogens with zero attached hydrogens (tertiary/aromatic N) is 1. The van der Waals surface area contributed by atoms with Gasteiger partial charge in [0.05, 0.1) is 15.7 Å². The molecule has 0 saturated carbocycles. The third-order valence-electron chi connectivity index (χ3n) is 2.94. The van der Waals surface area contributed by atoms with Crippen molar-refractivity contribution >= 4 is 40.7 Å². The van der Waals surface area contributed by atoms with Crippen LogP contribution >= 0.6 is 23.2 Å². The Labute approximate surface area is 150 Å². The molecule has 1 heterocycles. The standard InChI is InChI=1S/C17H17Cl2N3O2/c1-17(2,3)22-16(24)13-9-10(7-8-20-13)15(23)21-12-6-4-5-11(18)14(12)19/h4-9H,1-3H3,(H,21,23)(H,22,24). The number of rotatable bonds is 3. The van der Waals surface area contributed by atoms with Crippen molar-refractivity contribution in [3.05, 3.63) is 57.8 Å². The van der Waals surface area contributed by atoms with Crippen LogP contribution in [0, 0.1) is 0 Å². The van der Waals surface area contributed by atoms with Gasteiger partial charge in [-0.3, -0.25) is 14.6 Å². The van der Waals surface area contributed by atoms with Gasteiger partial charge in [0.1, 0.15) is 5.69 Å². The van der Waals surface area contributed by atoms with Gasteiger partial charge in [0.25, 0.3) is 11.8 Å². The average Bonchev–Trinajstić information content (AvgIpc) is 2.50. The van der Waals surface area contributed by atoms with Gasteiger partial charge in [0.15, 0.2) is 0 Å². The van der Waals surface area contributed by atoms with E-state index in [4.69, 9.17) is 23.2 Å². The molecule has 1 aromatic heterocycles.